The molecule has 2 aliphatic carbocycles. The van der Waals surface area contributed by atoms with Gasteiger partial charge < -0.3 is 9.84 Å². The number of carboxylic acids is 1. The number of ether oxygens (including phenoxy) is 1. The Kier molecular flexibility index (Phi) is 11.4. The second-order valence-electron chi connectivity index (χ2n) is 10.8. The first-order valence-corrected chi connectivity index (χ1v) is 13.3. The summed E-state index contributed by atoms with van der Waals surface area (Å²) >= 11 is 0. The lowest BCUT2D eigenvalue weighted by atomic mass is 9.66. The summed E-state index contributed by atoms with van der Waals surface area (Å²) in [5, 5.41) is 9.58. The molecule has 7 unspecified atom stereocenters. The van der Waals surface area contributed by atoms with E-state index in [1.807, 2.05) is 0 Å². The first-order chi connectivity index (χ1) is 14.9. The Labute approximate surface area is 190 Å². The van der Waals surface area contributed by atoms with Gasteiger partial charge in [0, 0.05) is 0 Å². The molecule has 2 fully saturated rings. The first kappa shape index (κ1) is 26.2. The van der Waals surface area contributed by atoms with E-state index in [0.717, 1.165) is 24.7 Å². The molecule has 0 aromatic rings. The lowest BCUT2D eigenvalue weighted by Crippen LogP contribution is -2.38. The molecule has 31 heavy (non-hydrogen) atoms. The zero-order valence-electron chi connectivity index (χ0n) is 20.6. The molecular formula is C27H48O4. The minimum Gasteiger partial charge on any atom is -0.481 e. The molecule has 4 nitrogen and oxygen atoms in total. The van der Waals surface area contributed by atoms with Crippen LogP contribution in [-0.4, -0.2) is 23.7 Å². The van der Waals surface area contributed by atoms with Crippen LogP contribution < -0.4 is 0 Å². The molecule has 0 spiro atoms. The van der Waals surface area contributed by atoms with Gasteiger partial charge in [-0.1, -0.05) is 79.1 Å². The summed E-state index contributed by atoms with van der Waals surface area (Å²) in [7, 11) is 0. The van der Waals surface area contributed by atoms with Gasteiger partial charge in [-0.05, 0) is 61.7 Å². The molecule has 180 valence electrons. The van der Waals surface area contributed by atoms with Crippen molar-refractivity contribution in [2.45, 2.75) is 111 Å². The van der Waals surface area contributed by atoms with Crippen LogP contribution in [-0.2, 0) is 14.3 Å². The number of hydrogen-bond acceptors (Lipinski definition) is 3. The highest BCUT2D eigenvalue weighted by Crippen LogP contribution is 2.43. The summed E-state index contributed by atoms with van der Waals surface area (Å²) in [5.41, 5.74) is 0. The maximum Gasteiger partial charge on any atom is 0.309 e. The van der Waals surface area contributed by atoms with Crippen molar-refractivity contribution in [3.8, 4) is 0 Å². The van der Waals surface area contributed by atoms with Crippen molar-refractivity contribution < 1.29 is 19.4 Å². The highest BCUT2D eigenvalue weighted by Gasteiger charge is 2.40. The van der Waals surface area contributed by atoms with E-state index in [4.69, 9.17) is 4.74 Å². The van der Waals surface area contributed by atoms with Gasteiger partial charge in [-0.2, -0.15) is 0 Å². The number of hydrogen-bond donors (Lipinski definition) is 1. The third-order valence-electron chi connectivity index (χ3n) is 8.26. The van der Waals surface area contributed by atoms with Crippen LogP contribution in [0.1, 0.15) is 111 Å². The second kappa shape index (κ2) is 13.5. The van der Waals surface area contributed by atoms with Crippen LogP contribution in [0.3, 0.4) is 0 Å². The van der Waals surface area contributed by atoms with E-state index >= 15 is 0 Å². The third-order valence-corrected chi connectivity index (χ3v) is 8.26. The zero-order valence-corrected chi connectivity index (χ0v) is 20.6. The van der Waals surface area contributed by atoms with E-state index in [1.54, 1.807) is 0 Å². The van der Waals surface area contributed by atoms with Crippen molar-refractivity contribution in [1.29, 1.82) is 0 Å². The molecule has 4 heteroatoms. The highest BCUT2D eigenvalue weighted by atomic mass is 16.5. The average molecular weight is 437 g/mol. The highest BCUT2D eigenvalue weighted by molar-refractivity contribution is 5.81. The molecule has 2 aliphatic rings. The summed E-state index contributed by atoms with van der Waals surface area (Å²) in [4.78, 5) is 24.5. The van der Waals surface area contributed by atoms with E-state index in [1.165, 1.54) is 57.8 Å². The fraction of sp³-hybridized carbons (Fsp3) is 0.926. The molecule has 2 saturated carbocycles. The molecule has 0 aromatic heterocycles. The van der Waals surface area contributed by atoms with Crippen LogP contribution in [0.2, 0.25) is 0 Å². The van der Waals surface area contributed by atoms with E-state index < -0.39 is 17.8 Å². The van der Waals surface area contributed by atoms with E-state index in [-0.39, 0.29) is 5.97 Å². The lowest BCUT2D eigenvalue weighted by Gasteiger charge is -2.40. The molecule has 0 radical (unpaired) electrons. The van der Waals surface area contributed by atoms with Gasteiger partial charge in [0.25, 0.3) is 0 Å². The number of unbranched alkanes of at least 4 members (excludes halogenated alkanes) is 4. The Bertz CT molecular complexity index is 545. The van der Waals surface area contributed by atoms with Gasteiger partial charge in [0.15, 0.2) is 0 Å². The molecule has 0 amide bonds. The fourth-order valence-electron chi connectivity index (χ4n) is 6.23. The van der Waals surface area contributed by atoms with Gasteiger partial charge >= 0.3 is 11.9 Å². The van der Waals surface area contributed by atoms with Gasteiger partial charge in [-0.25, -0.2) is 0 Å². The molecule has 0 bridgehead atoms. The molecule has 1 N–H and O–H groups in total. The van der Waals surface area contributed by atoms with Crippen LogP contribution in [0.5, 0.6) is 0 Å². The first-order valence-electron chi connectivity index (χ1n) is 13.3. The number of aliphatic carboxylic acids is 1. The Morgan fingerprint density at radius 1 is 0.806 bits per heavy atom. The lowest BCUT2D eigenvalue weighted by molar-refractivity contribution is -0.162. The van der Waals surface area contributed by atoms with Crippen LogP contribution >= 0.6 is 0 Å². The third kappa shape index (κ3) is 8.09. The van der Waals surface area contributed by atoms with Crippen LogP contribution in [0.4, 0.5) is 0 Å². The molecule has 0 aromatic carbocycles. The molecule has 7 atom stereocenters. The molecule has 0 aliphatic heterocycles. The fourth-order valence-corrected chi connectivity index (χ4v) is 6.23. The van der Waals surface area contributed by atoms with Gasteiger partial charge in [-0.15, -0.1) is 0 Å². The number of esters is 1. The summed E-state index contributed by atoms with van der Waals surface area (Å²) in [6.07, 6.45) is 15.1. The minimum atomic E-state index is -0.843. The van der Waals surface area contributed by atoms with Crippen molar-refractivity contribution in [2.24, 2.45) is 41.4 Å². The average Bonchev–Trinajstić information content (AvgIpc) is 2.73. The number of carbonyl (C=O) groups is 2. The molecule has 2 rings (SSSR count). The minimum absolute atomic E-state index is 0.265. The predicted molar refractivity (Wildman–Crippen MR) is 126 cm³/mol. The Hall–Kier alpha value is -1.06. The van der Waals surface area contributed by atoms with Crippen LogP contribution in [0, 0.1) is 41.4 Å². The number of carboxylic acid groups (broad SMARTS) is 1. The standard InChI is InChI=1S/C27H48O4/c1-5-7-8-9-10-12-22-17-23(20(4)16-21(22)11-6-2)18-31-27(30)24-14-13-19(3)15-25(24)26(28)29/h19-25H,5-18H2,1-4H3,(H,28,29). The van der Waals surface area contributed by atoms with Gasteiger partial charge in [-0.3, -0.25) is 9.59 Å². The Balaban J connectivity index is 1.89. The Morgan fingerprint density at radius 2 is 1.52 bits per heavy atom. The molecule has 0 heterocycles. The maximum absolute atomic E-state index is 12.8. The van der Waals surface area contributed by atoms with Crippen molar-refractivity contribution in [3.05, 3.63) is 0 Å². The van der Waals surface area contributed by atoms with Gasteiger partial charge in [0.2, 0.25) is 0 Å². The molecule has 0 saturated heterocycles. The topological polar surface area (TPSA) is 63.6 Å². The number of carbonyl (C=O) groups excluding carboxylic acids is 1. The Morgan fingerprint density at radius 3 is 2.19 bits per heavy atom. The summed E-state index contributed by atoms with van der Waals surface area (Å²) in [6.45, 7) is 9.43. The number of rotatable bonds is 12. The SMILES string of the molecule is CCCCCCCC1CC(COC(=O)C2CCC(C)CC2C(=O)O)C(C)CC1CCC. The summed E-state index contributed by atoms with van der Waals surface area (Å²) < 4.78 is 5.81. The van der Waals surface area contributed by atoms with E-state index in [2.05, 4.69) is 27.7 Å². The van der Waals surface area contributed by atoms with Crippen molar-refractivity contribution >= 4 is 11.9 Å². The van der Waals surface area contributed by atoms with Gasteiger partial charge in [0.1, 0.15) is 0 Å². The van der Waals surface area contributed by atoms with Crippen molar-refractivity contribution in [1.82, 2.24) is 0 Å². The van der Waals surface area contributed by atoms with E-state index in [9.17, 15) is 14.7 Å². The van der Waals surface area contributed by atoms with Crippen LogP contribution in [0.25, 0.3) is 0 Å². The maximum atomic E-state index is 12.8. The summed E-state index contributed by atoms with van der Waals surface area (Å²) in [5.74, 6) is 0.782. The van der Waals surface area contributed by atoms with Crippen molar-refractivity contribution in [2.75, 3.05) is 6.61 Å². The largest absolute Gasteiger partial charge is 0.481 e. The zero-order chi connectivity index (χ0) is 22.8. The van der Waals surface area contributed by atoms with Crippen LogP contribution in [0.15, 0.2) is 0 Å². The quantitative estimate of drug-likeness (QED) is 0.262. The predicted octanol–water partition coefficient (Wildman–Crippen LogP) is 7.11. The normalized spacial score (nSPS) is 33.7. The van der Waals surface area contributed by atoms with Crippen molar-refractivity contribution in [3.63, 3.8) is 0 Å². The van der Waals surface area contributed by atoms with Gasteiger partial charge in [0.05, 0.1) is 18.4 Å². The second-order valence-corrected chi connectivity index (χ2v) is 10.8. The smallest absolute Gasteiger partial charge is 0.309 e. The molecular weight excluding hydrogens is 388 g/mol. The monoisotopic (exact) mass is 436 g/mol. The summed E-state index contributed by atoms with van der Waals surface area (Å²) in [6, 6.07) is 0. The van der Waals surface area contributed by atoms with E-state index in [0.29, 0.717) is 37.2 Å².